The Morgan fingerprint density at radius 2 is 1.72 bits per heavy atom. The van der Waals surface area contributed by atoms with Crippen LogP contribution in [0.15, 0.2) is 12.1 Å². The number of hydrogen-bond acceptors (Lipinski definition) is 2. The fraction of sp³-hybridized carbons (Fsp3) is 0.533. The highest BCUT2D eigenvalue weighted by Gasteiger charge is 2.17. The van der Waals surface area contributed by atoms with Crippen LogP contribution in [-0.4, -0.2) is 11.9 Å². The number of carbonyl (C=O) groups is 1. The first-order chi connectivity index (χ1) is 8.32. The van der Waals surface area contributed by atoms with E-state index in [0.717, 1.165) is 0 Å². The van der Waals surface area contributed by atoms with Crippen LogP contribution in [0.5, 0.6) is 0 Å². The van der Waals surface area contributed by atoms with Gasteiger partial charge in [0.25, 0.3) is 0 Å². The molecule has 1 unspecified atom stereocenters. The van der Waals surface area contributed by atoms with Crippen molar-refractivity contribution in [2.24, 2.45) is 11.7 Å². The van der Waals surface area contributed by atoms with Crippen molar-refractivity contribution in [2.45, 2.75) is 47.2 Å². The average molecular weight is 248 g/mol. The molecule has 0 heterocycles. The number of benzene rings is 1. The summed E-state index contributed by atoms with van der Waals surface area (Å²) >= 11 is 0. The first-order valence-electron chi connectivity index (χ1n) is 6.43. The van der Waals surface area contributed by atoms with Crippen LogP contribution in [-0.2, 0) is 11.3 Å². The fourth-order valence-electron chi connectivity index (χ4n) is 2.08. The van der Waals surface area contributed by atoms with Crippen LogP contribution in [0.4, 0.5) is 0 Å². The lowest BCUT2D eigenvalue weighted by molar-refractivity contribution is -0.123. The van der Waals surface area contributed by atoms with Gasteiger partial charge in [-0.15, -0.1) is 0 Å². The Kier molecular flexibility index (Phi) is 4.91. The van der Waals surface area contributed by atoms with Crippen molar-refractivity contribution in [3.05, 3.63) is 34.4 Å². The first kappa shape index (κ1) is 14.7. The van der Waals surface area contributed by atoms with E-state index in [9.17, 15) is 4.79 Å². The highest BCUT2D eigenvalue weighted by Crippen LogP contribution is 2.16. The van der Waals surface area contributed by atoms with Crippen LogP contribution in [0, 0.1) is 26.7 Å². The summed E-state index contributed by atoms with van der Waals surface area (Å²) in [6.07, 6.45) is 0. The van der Waals surface area contributed by atoms with E-state index >= 15 is 0 Å². The summed E-state index contributed by atoms with van der Waals surface area (Å²) in [6.45, 7) is 10.7. The van der Waals surface area contributed by atoms with Gasteiger partial charge in [0, 0.05) is 6.54 Å². The van der Waals surface area contributed by atoms with Gasteiger partial charge in [-0.25, -0.2) is 0 Å². The molecule has 0 saturated heterocycles. The van der Waals surface area contributed by atoms with Crippen molar-refractivity contribution in [1.29, 1.82) is 0 Å². The number of hydrogen-bond donors (Lipinski definition) is 2. The molecule has 1 aromatic rings. The molecule has 1 rings (SSSR count). The van der Waals surface area contributed by atoms with E-state index in [-0.39, 0.29) is 11.8 Å². The summed E-state index contributed by atoms with van der Waals surface area (Å²) in [5.74, 6) is 0.0783. The van der Waals surface area contributed by atoms with E-state index in [1.807, 2.05) is 13.8 Å². The van der Waals surface area contributed by atoms with Crippen LogP contribution in [0.3, 0.4) is 0 Å². The second-order valence-corrected chi connectivity index (χ2v) is 5.36. The monoisotopic (exact) mass is 248 g/mol. The highest BCUT2D eigenvalue weighted by atomic mass is 16.2. The lowest BCUT2D eigenvalue weighted by Gasteiger charge is -2.17. The van der Waals surface area contributed by atoms with Crippen molar-refractivity contribution >= 4 is 5.91 Å². The second kappa shape index (κ2) is 6.01. The van der Waals surface area contributed by atoms with E-state index in [4.69, 9.17) is 5.73 Å². The third-order valence-electron chi connectivity index (χ3n) is 3.30. The molecule has 100 valence electrons. The lowest BCUT2D eigenvalue weighted by Crippen LogP contribution is -2.43. The van der Waals surface area contributed by atoms with Crippen molar-refractivity contribution < 1.29 is 4.79 Å². The normalized spacial score (nSPS) is 12.6. The molecule has 0 radical (unpaired) electrons. The van der Waals surface area contributed by atoms with Gasteiger partial charge in [-0.1, -0.05) is 31.5 Å². The number of nitrogens with one attached hydrogen (secondary N) is 1. The number of rotatable bonds is 4. The number of carbonyl (C=O) groups excluding carboxylic acids is 1. The summed E-state index contributed by atoms with van der Waals surface area (Å²) < 4.78 is 0. The molecule has 0 aliphatic heterocycles. The van der Waals surface area contributed by atoms with E-state index < -0.39 is 6.04 Å². The Labute approximate surface area is 110 Å². The van der Waals surface area contributed by atoms with E-state index in [1.54, 1.807) is 0 Å². The Bertz CT molecular complexity index is 415. The molecule has 3 nitrogen and oxygen atoms in total. The number of aryl methyl sites for hydroxylation is 3. The Morgan fingerprint density at radius 3 is 2.17 bits per heavy atom. The first-order valence-corrected chi connectivity index (χ1v) is 6.43. The molecule has 0 bridgehead atoms. The Hall–Kier alpha value is -1.35. The molecule has 0 aromatic heterocycles. The van der Waals surface area contributed by atoms with E-state index in [1.165, 1.54) is 22.3 Å². The van der Waals surface area contributed by atoms with Gasteiger partial charge in [0.2, 0.25) is 5.91 Å². The largest absolute Gasteiger partial charge is 0.351 e. The molecule has 3 heteroatoms. The standard InChI is InChI=1S/C15H24N2O/c1-9(2)14(16)15(18)17-8-13-11(4)6-10(3)7-12(13)5/h6-7,9,14H,8,16H2,1-5H3,(H,17,18). The van der Waals surface area contributed by atoms with Crippen molar-refractivity contribution in [1.82, 2.24) is 5.32 Å². The second-order valence-electron chi connectivity index (χ2n) is 5.36. The van der Waals surface area contributed by atoms with Gasteiger partial charge < -0.3 is 11.1 Å². The Morgan fingerprint density at radius 1 is 1.22 bits per heavy atom. The minimum Gasteiger partial charge on any atom is -0.351 e. The fourth-order valence-corrected chi connectivity index (χ4v) is 2.08. The third-order valence-corrected chi connectivity index (χ3v) is 3.30. The lowest BCUT2D eigenvalue weighted by atomic mass is 9.99. The summed E-state index contributed by atoms with van der Waals surface area (Å²) in [5.41, 5.74) is 10.7. The number of amides is 1. The van der Waals surface area contributed by atoms with Crippen LogP contribution in [0.2, 0.25) is 0 Å². The van der Waals surface area contributed by atoms with Gasteiger partial charge >= 0.3 is 0 Å². The minimum atomic E-state index is -0.434. The molecule has 0 fully saturated rings. The van der Waals surface area contributed by atoms with Gasteiger partial charge in [-0.3, -0.25) is 4.79 Å². The van der Waals surface area contributed by atoms with Crippen LogP contribution in [0.1, 0.15) is 36.1 Å². The third kappa shape index (κ3) is 3.57. The van der Waals surface area contributed by atoms with Gasteiger partial charge in [0.15, 0.2) is 0 Å². The molecular weight excluding hydrogens is 224 g/mol. The molecule has 18 heavy (non-hydrogen) atoms. The van der Waals surface area contributed by atoms with Crippen molar-refractivity contribution in [3.8, 4) is 0 Å². The summed E-state index contributed by atoms with van der Waals surface area (Å²) in [7, 11) is 0. The molecule has 0 aliphatic carbocycles. The molecule has 3 N–H and O–H groups in total. The Balaban J connectivity index is 2.73. The molecule has 0 aliphatic rings. The highest BCUT2D eigenvalue weighted by molar-refractivity contribution is 5.81. The van der Waals surface area contributed by atoms with E-state index in [2.05, 4.69) is 38.2 Å². The smallest absolute Gasteiger partial charge is 0.237 e. The maximum Gasteiger partial charge on any atom is 0.237 e. The SMILES string of the molecule is Cc1cc(C)c(CNC(=O)C(N)C(C)C)c(C)c1. The maximum absolute atomic E-state index is 11.8. The zero-order chi connectivity index (χ0) is 13.9. The molecule has 0 saturated carbocycles. The minimum absolute atomic E-state index is 0.0793. The summed E-state index contributed by atoms with van der Waals surface area (Å²) in [4.78, 5) is 11.8. The van der Waals surface area contributed by atoms with Gasteiger partial charge in [-0.2, -0.15) is 0 Å². The van der Waals surface area contributed by atoms with Crippen molar-refractivity contribution in [3.63, 3.8) is 0 Å². The van der Waals surface area contributed by atoms with Gasteiger partial charge in [-0.05, 0) is 43.4 Å². The maximum atomic E-state index is 11.8. The molecule has 1 aromatic carbocycles. The number of nitrogens with two attached hydrogens (primary N) is 1. The predicted octanol–water partition coefficient (Wildman–Crippen LogP) is 2.21. The summed E-state index contributed by atoms with van der Waals surface area (Å²) in [5, 5.41) is 2.92. The zero-order valence-electron chi connectivity index (χ0n) is 12.0. The molecular formula is C15H24N2O. The quantitative estimate of drug-likeness (QED) is 0.858. The molecule has 1 atom stereocenters. The summed E-state index contributed by atoms with van der Waals surface area (Å²) in [6, 6.07) is 3.84. The van der Waals surface area contributed by atoms with Crippen LogP contribution >= 0.6 is 0 Å². The van der Waals surface area contributed by atoms with Crippen molar-refractivity contribution in [2.75, 3.05) is 0 Å². The van der Waals surface area contributed by atoms with Gasteiger partial charge in [0.1, 0.15) is 0 Å². The molecule has 1 amide bonds. The zero-order valence-corrected chi connectivity index (χ0v) is 12.0. The van der Waals surface area contributed by atoms with E-state index in [0.29, 0.717) is 6.54 Å². The predicted molar refractivity (Wildman–Crippen MR) is 75.3 cm³/mol. The topological polar surface area (TPSA) is 55.1 Å². The average Bonchev–Trinajstić information content (AvgIpc) is 2.25. The van der Waals surface area contributed by atoms with Crippen LogP contribution < -0.4 is 11.1 Å². The van der Waals surface area contributed by atoms with Gasteiger partial charge in [0.05, 0.1) is 6.04 Å². The van der Waals surface area contributed by atoms with Crippen LogP contribution in [0.25, 0.3) is 0 Å². The molecule has 0 spiro atoms.